The van der Waals surface area contributed by atoms with Crippen molar-refractivity contribution in [1.82, 2.24) is 4.90 Å². The van der Waals surface area contributed by atoms with E-state index in [2.05, 4.69) is 26.1 Å². The fourth-order valence-electron chi connectivity index (χ4n) is 1.55. The smallest absolute Gasteiger partial charge is 0.293 e. The maximum atomic E-state index is 10.9. The highest BCUT2D eigenvalue weighted by Crippen LogP contribution is 2.27. The maximum absolute atomic E-state index is 10.9. The van der Waals surface area contributed by atoms with E-state index in [9.17, 15) is 10.1 Å². The highest BCUT2D eigenvalue weighted by atomic mass is 79.9. The van der Waals surface area contributed by atoms with Gasteiger partial charge >= 0.3 is 0 Å². The van der Waals surface area contributed by atoms with E-state index in [4.69, 9.17) is 4.74 Å². The molecule has 0 aliphatic rings. The van der Waals surface area contributed by atoms with Gasteiger partial charge in [-0.2, -0.15) is 0 Å². The van der Waals surface area contributed by atoms with Gasteiger partial charge in [0.25, 0.3) is 5.69 Å². The van der Waals surface area contributed by atoms with E-state index in [-0.39, 0.29) is 10.6 Å². The van der Waals surface area contributed by atoms with Gasteiger partial charge < -0.3 is 15.0 Å². The Balaban J connectivity index is 2.51. The van der Waals surface area contributed by atoms with Crippen LogP contribution in [0.5, 0.6) is 0 Å². The van der Waals surface area contributed by atoms with Crippen LogP contribution in [0.15, 0.2) is 22.7 Å². The van der Waals surface area contributed by atoms with Crippen molar-refractivity contribution in [2.24, 2.45) is 0 Å². The molecule has 6 nitrogen and oxygen atoms in total. The lowest BCUT2D eigenvalue weighted by Crippen LogP contribution is -2.28. The number of benzene rings is 1. The third-order valence-corrected chi connectivity index (χ3v) is 3.14. The largest absolute Gasteiger partial charge is 0.383 e. The molecular weight excluding hydrogens is 314 g/mol. The fraction of sp³-hybridized carbons (Fsp3) is 0.500. The fourth-order valence-corrected chi connectivity index (χ4v) is 1.89. The first-order valence-corrected chi connectivity index (χ1v) is 6.69. The summed E-state index contributed by atoms with van der Waals surface area (Å²) in [4.78, 5) is 12.6. The lowest BCUT2D eigenvalue weighted by atomic mass is 10.2. The molecule has 1 rings (SSSR count). The lowest BCUT2D eigenvalue weighted by molar-refractivity contribution is -0.384. The molecular formula is C12H18BrN3O3. The number of nitro benzene ring substituents is 1. The minimum atomic E-state index is -0.387. The second-order valence-corrected chi connectivity index (χ2v) is 5.06. The number of halogens is 1. The third kappa shape index (κ3) is 5.54. The van der Waals surface area contributed by atoms with E-state index in [1.54, 1.807) is 19.2 Å². The highest BCUT2D eigenvalue weighted by molar-refractivity contribution is 9.10. The Labute approximate surface area is 121 Å². The molecule has 106 valence electrons. The first-order valence-electron chi connectivity index (χ1n) is 5.90. The summed E-state index contributed by atoms with van der Waals surface area (Å²) < 4.78 is 5.68. The predicted octanol–water partition coefficient (Wildman–Crippen LogP) is 2.35. The first-order chi connectivity index (χ1) is 9.04. The van der Waals surface area contributed by atoms with Gasteiger partial charge in [-0.1, -0.05) is 15.9 Å². The number of nitrogens with zero attached hydrogens (tertiary/aromatic N) is 2. The zero-order valence-electron chi connectivity index (χ0n) is 11.1. The third-order valence-electron chi connectivity index (χ3n) is 2.64. The van der Waals surface area contributed by atoms with Gasteiger partial charge in [0.15, 0.2) is 0 Å². The number of likely N-dealkylation sites (N-methyl/N-ethyl adjacent to an activating group) is 1. The molecule has 0 aromatic heterocycles. The van der Waals surface area contributed by atoms with Crippen LogP contribution in [0.3, 0.4) is 0 Å². The van der Waals surface area contributed by atoms with E-state index in [0.29, 0.717) is 23.3 Å². The molecule has 0 radical (unpaired) electrons. The molecule has 0 atom stereocenters. The normalized spacial score (nSPS) is 10.7. The number of nitro groups is 1. The lowest BCUT2D eigenvalue weighted by Gasteiger charge is -2.16. The topological polar surface area (TPSA) is 67.6 Å². The van der Waals surface area contributed by atoms with Crippen molar-refractivity contribution in [2.75, 3.05) is 45.7 Å². The Bertz CT molecular complexity index is 429. The van der Waals surface area contributed by atoms with Crippen molar-refractivity contribution in [3.05, 3.63) is 32.8 Å². The van der Waals surface area contributed by atoms with Gasteiger partial charge in [-0.3, -0.25) is 10.1 Å². The molecule has 0 spiro atoms. The molecule has 0 amide bonds. The van der Waals surface area contributed by atoms with Gasteiger partial charge in [-0.25, -0.2) is 0 Å². The monoisotopic (exact) mass is 331 g/mol. The predicted molar refractivity (Wildman–Crippen MR) is 78.7 cm³/mol. The summed E-state index contributed by atoms with van der Waals surface area (Å²) in [6, 6.07) is 4.98. The summed E-state index contributed by atoms with van der Waals surface area (Å²) in [5.41, 5.74) is 0.613. The summed E-state index contributed by atoms with van der Waals surface area (Å²) in [6.07, 6.45) is 0. The van der Waals surface area contributed by atoms with Crippen LogP contribution < -0.4 is 5.32 Å². The van der Waals surface area contributed by atoms with Crippen LogP contribution in [0, 0.1) is 10.1 Å². The van der Waals surface area contributed by atoms with Gasteiger partial charge in [-0.15, -0.1) is 0 Å². The number of hydrogen-bond acceptors (Lipinski definition) is 5. The SMILES string of the molecule is COCCN(C)CCNc1ccc(Br)cc1[N+](=O)[O-]. The first kappa shape index (κ1) is 15.9. The van der Waals surface area contributed by atoms with Crippen molar-refractivity contribution in [2.45, 2.75) is 0 Å². The Hall–Kier alpha value is -1.18. The molecule has 1 N–H and O–H groups in total. The van der Waals surface area contributed by atoms with Gasteiger partial charge in [-0.05, 0) is 19.2 Å². The quantitative estimate of drug-likeness (QED) is 0.585. The second-order valence-electron chi connectivity index (χ2n) is 4.14. The van der Waals surface area contributed by atoms with Crippen molar-refractivity contribution < 1.29 is 9.66 Å². The molecule has 0 fully saturated rings. The zero-order valence-corrected chi connectivity index (χ0v) is 12.6. The molecule has 7 heteroatoms. The van der Waals surface area contributed by atoms with Gasteiger partial charge in [0, 0.05) is 37.3 Å². The van der Waals surface area contributed by atoms with E-state index >= 15 is 0 Å². The van der Waals surface area contributed by atoms with Crippen molar-refractivity contribution in [3.63, 3.8) is 0 Å². The van der Waals surface area contributed by atoms with Crippen LogP contribution in [-0.4, -0.2) is 50.2 Å². The maximum Gasteiger partial charge on any atom is 0.293 e. The van der Waals surface area contributed by atoms with Gasteiger partial charge in [0.05, 0.1) is 11.5 Å². The summed E-state index contributed by atoms with van der Waals surface area (Å²) in [5.74, 6) is 0. The summed E-state index contributed by atoms with van der Waals surface area (Å²) in [5, 5.41) is 14.0. The Morgan fingerprint density at radius 1 is 1.47 bits per heavy atom. The second kappa shape index (κ2) is 8.08. The molecule has 1 aromatic carbocycles. The van der Waals surface area contributed by atoms with Gasteiger partial charge in [0.2, 0.25) is 0 Å². The van der Waals surface area contributed by atoms with Crippen LogP contribution >= 0.6 is 15.9 Å². The number of rotatable bonds is 8. The van der Waals surface area contributed by atoms with Crippen LogP contribution in [0.4, 0.5) is 11.4 Å². The molecule has 0 aliphatic carbocycles. The number of hydrogen-bond donors (Lipinski definition) is 1. The summed E-state index contributed by atoms with van der Waals surface area (Å²) >= 11 is 3.23. The molecule has 0 bridgehead atoms. The molecule has 0 aliphatic heterocycles. The minimum absolute atomic E-state index is 0.0777. The zero-order chi connectivity index (χ0) is 14.3. The van der Waals surface area contributed by atoms with E-state index in [1.165, 1.54) is 6.07 Å². The van der Waals surface area contributed by atoms with Crippen LogP contribution in [-0.2, 0) is 4.74 Å². The van der Waals surface area contributed by atoms with Crippen LogP contribution in [0.1, 0.15) is 0 Å². The average Bonchev–Trinajstić information content (AvgIpc) is 2.37. The van der Waals surface area contributed by atoms with E-state index in [0.717, 1.165) is 13.1 Å². The van der Waals surface area contributed by atoms with Crippen LogP contribution in [0.2, 0.25) is 0 Å². The molecule has 0 unspecified atom stereocenters. The number of anilines is 1. The Morgan fingerprint density at radius 3 is 2.84 bits per heavy atom. The summed E-state index contributed by atoms with van der Waals surface area (Å²) in [7, 11) is 3.65. The van der Waals surface area contributed by atoms with Crippen molar-refractivity contribution in [3.8, 4) is 0 Å². The highest BCUT2D eigenvalue weighted by Gasteiger charge is 2.13. The number of methoxy groups -OCH3 is 1. The van der Waals surface area contributed by atoms with Crippen LogP contribution in [0.25, 0.3) is 0 Å². The van der Waals surface area contributed by atoms with E-state index in [1.807, 2.05) is 7.05 Å². The average molecular weight is 332 g/mol. The molecule has 0 heterocycles. The standard InChI is InChI=1S/C12H18BrN3O3/c1-15(7-8-19-2)6-5-14-11-4-3-10(13)9-12(11)16(17)18/h3-4,9,14H,5-8H2,1-2H3. The molecule has 19 heavy (non-hydrogen) atoms. The molecule has 0 saturated carbocycles. The summed E-state index contributed by atoms with van der Waals surface area (Å²) in [6.45, 7) is 2.94. The van der Waals surface area contributed by atoms with Crippen molar-refractivity contribution >= 4 is 27.3 Å². The Morgan fingerprint density at radius 2 is 2.21 bits per heavy atom. The minimum Gasteiger partial charge on any atom is -0.383 e. The Kier molecular flexibility index (Phi) is 6.75. The number of ether oxygens (including phenoxy) is 1. The van der Waals surface area contributed by atoms with Gasteiger partial charge in [0.1, 0.15) is 5.69 Å². The van der Waals surface area contributed by atoms with Crippen molar-refractivity contribution in [1.29, 1.82) is 0 Å². The molecule has 1 aromatic rings. The van der Waals surface area contributed by atoms with E-state index < -0.39 is 0 Å². The molecule has 0 saturated heterocycles. The number of nitrogens with one attached hydrogen (secondary N) is 1.